The van der Waals surface area contributed by atoms with Gasteiger partial charge in [-0.15, -0.1) is 3.89 Å². The Morgan fingerprint density at radius 2 is 1.92 bits per heavy atom. The molecule has 2 aromatic carbocycles. The molecule has 0 radical (unpaired) electrons. The van der Waals surface area contributed by atoms with Crippen molar-refractivity contribution in [2.75, 3.05) is 7.11 Å². The van der Waals surface area contributed by atoms with Gasteiger partial charge < -0.3 is 14.4 Å². The summed E-state index contributed by atoms with van der Waals surface area (Å²) in [5.41, 5.74) is 0.354. The maximum absolute atomic E-state index is 13.4. The standard InChI is InChI=1S/C16H10F4O5S/c1-22-14-7-13-10(6-15(14)24-25-26(20)16(18)19)11(21)5-8-4-9(17)2-3-12(8)23-13/h2-4,6-7H,5H2,1H3. The number of Topliss-reactive ketones (excluding diaryl/α,β-unsaturated/α-hetero) is 1. The van der Waals surface area contributed by atoms with Gasteiger partial charge in [-0.3, -0.25) is 4.79 Å². The predicted molar refractivity (Wildman–Crippen MR) is 85.1 cm³/mol. The van der Waals surface area contributed by atoms with Crippen LogP contribution < -0.4 is 14.4 Å². The molecule has 0 amide bonds. The molecule has 1 atom stereocenters. The summed E-state index contributed by atoms with van der Waals surface area (Å²) in [5.74, 6) is -0.938. The maximum atomic E-state index is 13.4. The Bertz CT molecular complexity index is 912. The molecule has 0 fully saturated rings. The van der Waals surface area contributed by atoms with Gasteiger partial charge in [-0.05, 0) is 18.2 Å². The van der Waals surface area contributed by atoms with Crippen molar-refractivity contribution in [2.45, 2.75) is 6.42 Å². The minimum atomic E-state index is -3.33. The van der Waals surface area contributed by atoms with Crippen LogP contribution in [0.25, 0.3) is 0 Å². The molecule has 1 heterocycles. The molecular weight excluding hydrogens is 380 g/mol. The number of carbonyl (C=O) groups excluding carboxylic acids is 1. The van der Waals surface area contributed by atoms with E-state index in [1.165, 1.54) is 31.4 Å². The van der Waals surface area contributed by atoms with Gasteiger partial charge in [0.05, 0.1) is 12.7 Å². The second-order valence-corrected chi connectivity index (χ2v) is 5.95. The number of hydrogen-bond donors (Lipinski definition) is 0. The second-order valence-electron chi connectivity index (χ2n) is 5.05. The fraction of sp³-hybridized carbons (Fsp3) is 0.125. The van der Waals surface area contributed by atoms with Crippen molar-refractivity contribution >= 4 is 22.3 Å². The van der Waals surface area contributed by atoms with Gasteiger partial charge in [0.2, 0.25) is 16.9 Å². The lowest BCUT2D eigenvalue weighted by molar-refractivity contribution is -0.0849. The zero-order chi connectivity index (χ0) is 18.8. The molecule has 10 heteroatoms. The Morgan fingerprint density at radius 3 is 2.62 bits per heavy atom. The number of rotatable bonds is 4. The fourth-order valence-electron chi connectivity index (χ4n) is 2.33. The highest BCUT2D eigenvalue weighted by Gasteiger charge is 2.25. The first-order valence-electron chi connectivity index (χ1n) is 7.04. The topological polar surface area (TPSA) is 54.0 Å². The van der Waals surface area contributed by atoms with E-state index in [9.17, 15) is 21.9 Å². The van der Waals surface area contributed by atoms with E-state index in [-0.39, 0.29) is 35.0 Å². The molecule has 0 saturated heterocycles. The molecule has 0 N–H and O–H groups in total. The molecule has 1 aliphatic rings. The molecule has 0 saturated carbocycles. The van der Waals surface area contributed by atoms with Crippen molar-refractivity contribution in [1.82, 2.24) is 0 Å². The lowest BCUT2D eigenvalue weighted by Crippen LogP contribution is -2.04. The number of fused-ring (bicyclic) bond motifs is 2. The van der Waals surface area contributed by atoms with Crippen LogP contribution in [0.3, 0.4) is 0 Å². The Labute approximate surface area is 147 Å². The van der Waals surface area contributed by atoms with Gasteiger partial charge >= 0.3 is 5.37 Å². The smallest absolute Gasteiger partial charge is 0.353 e. The SMILES string of the molecule is COc1cc2c(cc1OOS(F)=C(F)F)C(=O)Cc1cc(F)ccc1O2. The van der Waals surface area contributed by atoms with Crippen molar-refractivity contribution in [3.05, 3.63) is 47.3 Å². The van der Waals surface area contributed by atoms with Crippen LogP contribution in [0.15, 0.2) is 30.3 Å². The molecule has 1 aliphatic heterocycles. The van der Waals surface area contributed by atoms with Gasteiger partial charge in [0, 0.05) is 24.1 Å². The Morgan fingerprint density at radius 1 is 1.15 bits per heavy atom. The summed E-state index contributed by atoms with van der Waals surface area (Å²) >= 11 is -3.33. The Balaban J connectivity index is 1.99. The van der Waals surface area contributed by atoms with E-state index in [2.05, 4.69) is 9.22 Å². The van der Waals surface area contributed by atoms with E-state index < -0.39 is 28.1 Å². The maximum Gasteiger partial charge on any atom is 0.353 e. The first kappa shape index (κ1) is 18.2. The first-order valence-corrected chi connectivity index (χ1v) is 8.09. The highest BCUT2D eigenvalue weighted by atomic mass is 32.2. The number of ketones is 1. The van der Waals surface area contributed by atoms with Gasteiger partial charge in [-0.25, -0.2) is 4.39 Å². The average Bonchev–Trinajstić information content (AvgIpc) is 2.74. The first-order chi connectivity index (χ1) is 12.4. The summed E-state index contributed by atoms with van der Waals surface area (Å²) in [6.07, 6.45) is -0.160. The summed E-state index contributed by atoms with van der Waals surface area (Å²) in [6, 6.07) is 6.11. The van der Waals surface area contributed by atoms with Crippen molar-refractivity contribution < 1.29 is 40.5 Å². The number of methoxy groups -OCH3 is 1. The third-order valence-corrected chi connectivity index (χ3v) is 3.89. The molecule has 0 spiro atoms. The summed E-state index contributed by atoms with van der Waals surface area (Å²) < 4.78 is 65.1. The van der Waals surface area contributed by atoms with E-state index in [1.807, 2.05) is 0 Å². The molecule has 0 aliphatic carbocycles. The minimum Gasteiger partial charge on any atom is -0.493 e. The third-order valence-electron chi connectivity index (χ3n) is 3.46. The molecule has 3 rings (SSSR count). The fourth-order valence-corrected chi connectivity index (χ4v) is 2.52. The van der Waals surface area contributed by atoms with Crippen molar-refractivity contribution in [1.29, 1.82) is 0 Å². The highest BCUT2D eigenvalue weighted by Crippen LogP contribution is 2.41. The van der Waals surface area contributed by atoms with Crippen LogP contribution in [0.5, 0.6) is 23.0 Å². The quantitative estimate of drug-likeness (QED) is 0.248. The predicted octanol–water partition coefficient (Wildman–Crippen LogP) is 4.77. The summed E-state index contributed by atoms with van der Waals surface area (Å²) in [4.78, 5) is 17.0. The number of carbonyl (C=O) groups is 1. The van der Waals surface area contributed by atoms with Gasteiger partial charge in [0.25, 0.3) is 0 Å². The van der Waals surface area contributed by atoms with Crippen molar-refractivity contribution in [2.24, 2.45) is 0 Å². The molecule has 5 nitrogen and oxygen atoms in total. The number of hydrogen-bond acceptors (Lipinski definition) is 5. The largest absolute Gasteiger partial charge is 0.493 e. The van der Waals surface area contributed by atoms with E-state index >= 15 is 0 Å². The van der Waals surface area contributed by atoms with Gasteiger partial charge in [-0.2, -0.15) is 8.78 Å². The van der Waals surface area contributed by atoms with E-state index in [1.54, 1.807) is 0 Å². The Kier molecular flexibility index (Phi) is 5.14. The molecule has 0 aromatic heterocycles. The van der Waals surface area contributed by atoms with Crippen LogP contribution in [0.1, 0.15) is 15.9 Å². The van der Waals surface area contributed by atoms with Crippen LogP contribution >= 0.6 is 11.2 Å². The second kappa shape index (κ2) is 7.34. The van der Waals surface area contributed by atoms with Crippen LogP contribution in [0.4, 0.5) is 17.1 Å². The van der Waals surface area contributed by atoms with Crippen LogP contribution in [0.2, 0.25) is 0 Å². The number of benzene rings is 2. The summed E-state index contributed by atoms with van der Waals surface area (Å²) in [5, 5.41) is -2.60. The van der Waals surface area contributed by atoms with E-state index in [0.717, 1.165) is 6.07 Å². The lowest BCUT2D eigenvalue weighted by atomic mass is 10.0. The van der Waals surface area contributed by atoms with Gasteiger partial charge in [0.1, 0.15) is 17.3 Å². The molecule has 2 aromatic rings. The zero-order valence-corrected chi connectivity index (χ0v) is 13.9. The monoisotopic (exact) mass is 390 g/mol. The van der Waals surface area contributed by atoms with Crippen LogP contribution in [-0.2, 0) is 10.8 Å². The molecule has 138 valence electrons. The summed E-state index contributed by atoms with van der Waals surface area (Å²) in [6.45, 7) is 0. The lowest BCUT2D eigenvalue weighted by Gasteiger charge is -2.13. The summed E-state index contributed by atoms with van der Waals surface area (Å²) in [7, 11) is 1.24. The van der Waals surface area contributed by atoms with Crippen LogP contribution in [0, 0.1) is 5.82 Å². The Hall–Kier alpha value is -2.59. The normalized spacial score (nSPS) is 13.8. The molecule has 26 heavy (non-hydrogen) atoms. The molecule has 1 unspecified atom stereocenters. The zero-order valence-electron chi connectivity index (χ0n) is 13.1. The van der Waals surface area contributed by atoms with Crippen molar-refractivity contribution in [3.63, 3.8) is 0 Å². The van der Waals surface area contributed by atoms with Crippen LogP contribution in [-0.4, -0.2) is 18.3 Å². The molecular formula is C16H10F4O5S. The van der Waals surface area contributed by atoms with E-state index in [4.69, 9.17) is 9.47 Å². The molecule has 0 bridgehead atoms. The third kappa shape index (κ3) is 3.65. The highest BCUT2D eigenvalue weighted by molar-refractivity contribution is 8.06. The minimum absolute atomic E-state index is 0.0180. The van der Waals surface area contributed by atoms with Gasteiger partial charge in [0.15, 0.2) is 11.5 Å². The van der Waals surface area contributed by atoms with E-state index in [0.29, 0.717) is 5.56 Å². The van der Waals surface area contributed by atoms with Gasteiger partial charge in [-0.1, -0.05) is 4.33 Å². The number of ether oxygens (including phenoxy) is 2. The average molecular weight is 390 g/mol. The van der Waals surface area contributed by atoms with Crippen molar-refractivity contribution in [3.8, 4) is 23.0 Å². The number of halogens is 4.